The Labute approximate surface area is 208 Å². The van der Waals surface area contributed by atoms with Gasteiger partial charge in [0.1, 0.15) is 17.6 Å². The van der Waals surface area contributed by atoms with Gasteiger partial charge < -0.3 is 15.0 Å². The molecule has 186 valence electrons. The first kappa shape index (κ1) is 25.0. The molecule has 4 amide bonds. The molecule has 0 saturated carbocycles. The molecular formula is C24H18ClF3N4O4. The zero-order chi connectivity index (χ0) is 26.0. The Morgan fingerprint density at radius 3 is 2.47 bits per heavy atom. The van der Waals surface area contributed by atoms with E-state index in [9.17, 15) is 27.6 Å². The van der Waals surface area contributed by atoms with Gasteiger partial charge in [0.25, 0.3) is 11.8 Å². The molecule has 1 aliphatic rings. The lowest BCUT2D eigenvalue weighted by Crippen LogP contribution is -2.33. The smallest absolute Gasteiger partial charge is 0.406 e. The van der Waals surface area contributed by atoms with Gasteiger partial charge in [-0.2, -0.15) is 0 Å². The highest BCUT2D eigenvalue weighted by molar-refractivity contribution is 6.34. The highest BCUT2D eigenvalue weighted by atomic mass is 35.5. The number of halogens is 4. The molecule has 12 heteroatoms. The topological polar surface area (TPSA) is 91.8 Å². The van der Waals surface area contributed by atoms with Crippen molar-refractivity contribution in [1.29, 1.82) is 0 Å². The number of nitrogens with zero attached hydrogens (tertiary/aromatic N) is 3. The second-order valence-corrected chi connectivity index (χ2v) is 8.19. The van der Waals surface area contributed by atoms with E-state index in [0.29, 0.717) is 5.56 Å². The van der Waals surface area contributed by atoms with Gasteiger partial charge in [-0.15, -0.1) is 13.2 Å². The van der Waals surface area contributed by atoms with Crippen LogP contribution in [-0.2, 0) is 11.3 Å². The number of hydrogen-bond donors (Lipinski definition) is 1. The normalized spacial score (nSPS) is 15.9. The van der Waals surface area contributed by atoms with E-state index < -0.39 is 36.0 Å². The largest absolute Gasteiger partial charge is 0.573 e. The number of benzene rings is 2. The van der Waals surface area contributed by atoms with Crippen molar-refractivity contribution in [2.24, 2.45) is 0 Å². The summed E-state index contributed by atoms with van der Waals surface area (Å²) >= 11 is 6.06. The molecule has 3 aromatic rings. The van der Waals surface area contributed by atoms with E-state index in [-0.39, 0.29) is 28.6 Å². The summed E-state index contributed by atoms with van der Waals surface area (Å²) in [6.45, 7) is 1.57. The van der Waals surface area contributed by atoms with Gasteiger partial charge in [0.2, 0.25) is 0 Å². The van der Waals surface area contributed by atoms with Crippen LogP contribution < -0.4 is 15.0 Å². The van der Waals surface area contributed by atoms with Crippen LogP contribution in [0.5, 0.6) is 5.75 Å². The average Bonchev–Trinajstić information content (AvgIpc) is 3.02. The number of alkyl halides is 3. The van der Waals surface area contributed by atoms with Crippen LogP contribution in [0.2, 0.25) is 5.02 Å². The summed E-state index contributed by atoms with van der Waals surface area (Å²) < 4.78 is 41.0. The number of carbonyl (C=O) groups excluding carboxylic acids is 3. The minimum absolute atomic E-state index is 0.0228. The molecular weight excluding hydrogens is 501 g/mol. The first-order valence-electron chi connectivity index (χ1n) is 10.5. The monoisotopic (exact) mass is 518 g/mol. The van der Waals surface area contributed by atoms with Gasteiger partial charge in [-0.3, -0.25) is 9.59 Å². The third kappa shape index (κ3) is 5.41. The van der Waals surface area contributed by atoms with E-state index in [1.54, 1.807) is 43.3 Å². The summed E-state index contributed by atoms with van der Waals surface area (Å²) in [7, 11) is 0. The average molecular weight is 519 g/mol. The molecule has 1 saturated heterocycles. The van der Waals surface area contributed by atoms with Gasteiger partial charge in [0.15, 0.2) is 0 Å². The number of pyridine rings is 1. The maximum Gasteiger partial charge on any atom is 0.573 e. The lowest BCUT2D eigenvalue weighted by Gasteiger charge is -2.20. The predicted molar refractivity (Wildman–Crippen MR) is 125 cm³/mol. The van der Waals surface area contributed by atoms with Gasteiger partial charge in [0, 0.05) is 12.7 Å². The molecule has 2 heterocycles. The Kier molecular flexibility index (Phi) is 6.84. The van der Waals surface area contributed by atoms with E-state index in [1.807, 2.05) is 0 Å². The Bertz CT molecular complexity index is 1320. The van der Waals surface area contributed by atoms with Crippen molar-refractivity contribution in [2.45, 2.75) is 25.9 Å². The molecule has 0 aliphatic carbocycles. The molecule has 4 rings (SSSR count). The fourth-order valence-corrected chi connectivity index (χ4v) is 3.84. The number of rotatable bonds is 6. The summed E-state index contributed by atoms with van der Waals surface area (Å²) in [4.78, 5) is 44.7. The second kappa shape index (κ2) is 9.86. The van der Waals surface area contributed by atoms with Gasteiger partial charge in [-0.1, -0.05) is 23.7 Å². The van der Waals surface area contributed by atoms with Crippen LogP contribution in [0.3, 0.4) is 0 Å². The van der Waals surface area contributed by atoms with Crippen LogP contribution in [0.15, 0.2) is 66.9 Å². The van der Waals surface area contributed by atoms with Crippen LogP contribution in [0.25, 0.3) is 0 Å². The molecule has 1 unspecified atom stereocenters. The van der Waals surface area contributed by atoms with Crippen LogP contribution in [0.4, 0.5) is 29.5 Å². The molecule has 0 spiro atoms. The van der Waals surface area contributed by atoms with E-state index in [0.717, 1.165) is 17.0 Å². The van der Waals surface area contributed by atoms with Crippen molar-refractivity contribution in [2.75, 3.05) is 10.2 Å². The van der Waals surface area contributed by atoms with E-state index in [2.05, 4.69) is 15.0 Å². The maximum absolute atomic E-state index is 13.0. The highest BCUT2D eigenvalue weighted by Crippen LogP contribution is 2.30. The zero-order valence-electron chi connectivity index (χ0n) is 18.6. The Morgan fingerprint density at radius 2 is 1.81 bits per heavy atom. The number of imide groups is 1. The first-order valence-corrected chi connectivity index (χ1v) is 10.9. The van der Waals surface area contributed by atoms with Gasteiger partial charge in [-0.25, -0.2) is 14.7 Å². The molecule has 1 fully saturated rings. The maximum atomic E-state index is 13.0. The van der Waals surface area contributed by atoms with Crippen molar-refractivity contribution in [1.82, 2.24) is 9.88 Å². The second-order valence-electron chi connectivity index (χ2n) is 7.79. The minimum Gasteiger partial charge on any atom is -0.406 e. The van der Waals surface area contributed by atoms with Crippen molar-refractivity contribution in [3.63, 3.8) is 0 Å². The fourth-order valence-electron chi connectivity index (χ4n) is 3.61. The number of amides is 4. The van der Waals surface area contributed by atoms with Gasteiger partial charge in [0.05, 0.1) is 16.3 Å². The van der Waals surface area contributed by atoms with E-state index in [1.165, 1.54) is 23.2 Å². The molecule has 1 N–H and O–H groups in total. The van der Waals surface area contributed by atoms with Gasteiger partial charge in [-0.05, 0) is 61.0 Å². The summed E-state index contributed by atoms with van der Waals surface area (Å²) in [5.74, 6) is -1.25. The number of nitrogens with one attached hydrogen (secondary N) is 1. The quantitative estimate of drug-likeness (QED) is 0.450. The SMILES string of the molecule is CC1C(=O)N(c2ccc(OC(F)(F)F)cc2)C(=O)N1Cc1ccnc(NC(=O)c2ccccc2Cl)c1. The zero-order valence-corrected chi connectivity index (χ0v) is 19.4. The lowest BCUT2D eigenvalue weighted by atomic mass is 10.2. The number of carbonyl (C=O) groups is 3. The Balaban J connectivity index is 1.48. The summed E-state index contributed by atoms with van der Waals surface area (Å²) in [5, 5.41) is 2.92. The van der Waals surface area contributed by atoms with Crippen molar-refractivity contribution in [3.05, 3.63) is 83.0 Å². The fraction of sp³-hybridized carbons (Fsp3) is 0.167. The minimum atomic E-state index is -4.86. The molecule has 8 nitrogen and oxygen atoms in total. The number of aromatic nitrogens is 1. The van der Waals surface area contributed by atoms with Crippen LogP contribution >= 0.6 is 11.6 Å². The number of hydrogen-bond acceptors (Lipinski definition) is 5. The number of anilines is 2. The molecule has 36 heavy (non-hydrogen) atoms. The van der Waals surface area contributed by atoms with Crippen molar-refractivity contribution in [3.8, 4) is 5.75 Å². The molecule has 2 aromatic carbocycles. The molecule has 1 aromatic heterocycles. The third-order valence-corrected chi connectivity index (χ3v) is 5.68. The Morgan fingerprint density at radius 1 is 1.11 bits per heavy atom. The third-order valence-electron chi connectivity index (χ3n) is 5.35. The van der Waals surface area contributed by atoms with E-state index >= 15 is 0 Å². The predicted octanol–water partition coefficient (Wildman–Crippen LogP) is 5.24. The molecule has 1 atom stereocenters. The molecule has 0 radical (unpaired) electrons. The summed E-state index contributed by atoms with van der Waals surface area (Å²) in [6.07, 6.45) is -3.41. The van der Waals surface area contributed by atoms with Gasteiger partial charge >= 0.3 is 12.4 Å². The number of urea groups is 1. The molecule has 0 bridgehead atoms. The lowest BCUT2D eigenvalue weighted by molar-refractivity contribution is -0.274. The summed E-state index contributed by atoms with van der Waals surface area (Å²) in [6, 6.07) is 12.7. The van der Waals surface area contributed by atoms with Crippen molar-refractivity contribution < 1.29 is 32.3 Å². The van der Waals surface area contributed by atoms with Crippen molar-refractivity contribution >= 4 is 41.0 Å². The summed E-state index contributed by atoms with van der Waals surface area (Å²) in [5.41, 5.74) is 0.960. The van der Waals surface area contributed by atoms with Crippen LogP contribution in [0.1, 0.15) is 22.8 Å². The number of ether oxygens (including phenoxy) is 1. The first-order chi connectivity index (χ1) is 17.0. The molecule has 1 aliphatic heterocycles. The van der Waals surface area contributed by atoms with E-state index in [4.69, 9.17) is 11.6 Å². The highest BCUT2D eigenvalue weighted by Gasteiger charge is 2.43. The Hall–Kier alpha value is -4.12. The van der Waals surface area contributed by atoms with Crippen LogP contribution in [-0.4, -0.2) is 40.1 Å². The standard InChI is InChI=1S/C24H18ClF3N4O4/c1-14-22(34)32(16-6-8-17(9-7-16)36-24(26,27)28)23(35)31(14)13-15-10-11-29-20(12-15)30-21(33)18-4-2-3-5-19(18)25/h2-12,14H,13H2,1H3,(H,29,30,33). The van der Waals surface area contributed by atoms with Crippen LogP contribution in [0, 0.1) is 0 Å².